The summed E-state index contributed by atoms with van der Waals surface area (Å²) in [6.45, 7) is 2.26. The standard InChI is InChI=1S/C33H47N3O4S/c1-3-4-5-6-7-8-9-10-11-12-13-14-15-16-26-41(38,39)36-30-19-17-18-27-20-25-31(37)33(32(27)30)35-34-28-21-23-29(40-2)24-22-28/h17-25,36-37H,3-16,26H2,1-2H3/b35-34+. The summed E-state index contributed by atoms with van der Waals surface area (Å²) in [6, 6.07) is 15.7. The van der Waals surface area contributed by atoms with Gasteiger partial charge in [0, 0.05) is 5.39 Å². The number of rotatable bonds is 20. The fraction of sp³-hybridized carbons (Fsp3) is 0.515. The normalized spacial score (nSPS) is 11.9. The molecule has 0 aromatic heterocycles. The molecule has 0 bridgehead atoms. The van der Waals surface area contributed by atoms with Crippen LogP contribution in [0.1, 0.15) is 96.8 Å². The van der Waals surface area contributed by atoms with Crippen molar-refractivity contribution in [1.29, 1.82) is 0 Å². The van der Waals surface area contributed by atoms with E-state index in [4.69, 9.17) is 4.74 Å². The van der Waals surface area contributed by atoms with E-state index in [1.54, 1.807) is 49.6 Å². The van der Waals surface area contributed by atoms with Gasteiger partial charge in [0.1, 0.15) is 17.2 Å². The van der Waals surface area contributed by atoms with Gasteiger partial charge >= 0.3 is 0 Å². The minimum absolute atomic E-state index is 0.0585. The molecule has 0 radical (unpaired) electrons. The molecule has 41 heavy (non-hydrogen) atoms. The highest BCUT2D eigenvalue weighted by Crippen LogP contribution is 2.40. The molecule has 0 atom stereocenters. The van der Waals surface area contributed by atoms with Crippen LogP contribution in [0.3, 0.4) is 0 Å². The molecule has 0 spiro atoms. The van der Waals surface area contributed by atoms with E-state index in [1.807, 2.05) is 6.07 Å². The minimum atomic E-state index is -3.56. The lowest BCUT2D eigenvalue weighted by Gasteiger charge is -2.13. The zero-order valence-electron chi connectivity index (χ0n) is 24.8. The van der Waals surface area contributed by atoms with E-state index in [0.29, 0.717) is 28.9 Å². The summed E-state index contributed by atoms with van der Waals surface area (Å²) >= 11 is 0. The van der Waals surface area contributed by atoms with Gasteiger partial charge in [-0.25, -0.2) is 8.42 Å². The zero-order valence-corrected chi connectivity index (χ0v) is 25.6. The molecular weight excluding hydrogens is 534 g/mol. The van der Waals surface area contributed by atoms with Crippen LogP contribution in [0.15, 0.2) is 64.8 Å². The largest absolute Gasteiger partial charge is 0.506 e. The molecule has 8 heteroatoms. The highest BCUT2D eigenvalue weighted by Gasteiger charge is 2.16. The number of unbranched alkanes of at least 4 members (excludes halogenated alkanes) is 13. The van der Waals surface area contributed by atoms with Crippen molar-refractivity contribution in [3.05, 3.63) is 54.6 Å². The summed E-state index contributed by atoms with van der Waals surface area (Å²) in [7, 11) is -1.97. The Morgan fingerprint density at radius 1 is 0.732 bits per heavy atom. The first-order valence-corrected chi connectivity index (χ1v) is 16.9. The Bertz CT molecular complexity index is 1320. The molecular formula is C33H47N3O4S. The number of ether oxygens (including phenoxy) is 1. The van der Waals surface area contributed by atoms with Crippen molar-refractivity contribution in [3.63, 3.8) is 0 Å². The first kappa shape index (κ1) is 32.4. The van der Waals surface area contributed by atoms with Gasteiger partial charge in [0.15, 0.2) is 0 Å². The number of azo groups is 1. The number of nitrogens with zero attached hydrogens (tertiary/aromatic N) is 2. The number of fused-ring (bicyclic) bond motifs is 1. The summed E-state index contributed by atoms with van der Waals surface area (Å²) in [5, 5.41) is 20.4. The van der Waals surface area contributed by atoms with Crippen LogP contribution in [0.25, 0.3) is 10.8 Å². The number of methoxy groups -OCH3 is 1. The van der Waals surface area contributed by atoms with Crippen LogP contribution < -0.4 is 9.46 Å². The molecule has 0 heterocycles. The van der Waals surface area contributed by atoms with E-state index < -0.39 is 10.0 Å². The second-order valence-corrected chi connectivity index (χ2v) is 12.6. The van der Waals surface area contributed by atoms with Gasteiger partial charge in [0.2, 0.25) is 10.0 Å². The summed E-state index contributed by atoms with van der Waals surface area (Å²) in [6.07, 6.45) is 17.1. The van der Waals surface area contributed by atoms with Crippen LogP contribution in [0, 0.1) is 0 Å². The Hall–Kier alpha value is -3.13. The second kappa shape index (κ2) is 17.6. The van der Waals surface area contributed by atoms with E-state index in [2.05, 4.69) is 21.9 Å². The Kier molecular flexibility index (Phi) is 13.9. The van der Waals surface area contributed by atoms with Crippen molar-refractivity contribution in [2.75, 3.05) is 17.6 Å². The topological polar surface area (TPSA) is 100 Å². The summed E-state index contributed by atoms with van der Waals surface area (Å²) in [5.74, 6) is 0.684. The Balaban J connectivity index is 1.48. The average Bonchev–Trinajstić information content (AvgIpc) is 2.97. The van der Waals surface area contributed by atoms with E-state index in [1.165, 1.54) is 70.3 Å². The number of phenolic OH excluding ortho intramolecular Hbond substituents is 1. The number of sulfonamides is 1. The van der Waals surface area contributed by atoms with Crippen LogP contribution >= 0.6 is 0 Å². The quantitative estimate of drug-likeness (QED) is 0.102. The highest BCUT2D eigenvalue weighted by molar-refractivity contribution is 7.92. The molecule has 0 saturated carbocycles. The first-order chi connectivity index (χ1) is 19.9. The van der Waals surface area contributed by atoms with Gasteiger partial charge in [0.05, 0.1) is 24.2 Å². The molecule has 2 N–H and O–H groups in total. The number of phenols is 1. The third-order valence-corrected chi connectivity index (χ3v) is 8.72. The van der Waals surface area contributed by atoms with Crippen LogP contribution in [0.4, 0.5) is 17.1 Å². The van der Waals surface area contributed by atoms with Crippen molar-refractivity contribution >= 4 is 37.9 Å². The lowest BCUT2D eigenvalue weighted by Crippen LogP contribution is -2.16. The van der Waals surface area contributed by atoms with E-state index in [9.17, 15) is 13.5 Å². The summed E-state index contributed by atoms with van der Waals surface area (Å²) < 4.78 is 33.8. The number of nitrogens with one attached hydrogen (secondary N) is 1. The molecule has 224 valence electrons. The lowest BCUT2D eigenvalue weighted by atomic mass is 10.0. The fourth-order valence-electron chi connectivity index (χ4n) is 5.00. The van der Waals surface area contributed by atoms with Crippen molar-refractivity contribution in [1.82, 2.24) is 0 Å². The van der Waals surface area contributed by atoms with Crippen molar-refractivity contribution in [2.45, 2.75) is 96.8 Å². The van der Waals surface area contributed by atoms with Gasteiger partial charge in [-0.2, -0.15) is 5.11 Å². The second-order valence-electron chi connectivity index (χ2n) is 10.8. The minimum Gasteiger partial charge on any atom is -0.506 e. The fourth-order valence-corrected chi connectivity index (χ4v) is 6.19. The van der Waals surface area contributed by atoms with Gasteiger partial charge in [-0.05, 0) is 48.2 Å². The molecule has 7 nitrogen and oxygen atoms in total. The van der Waals surface area contributed by atoms with Crippen molar-refractivity contribution < 1.29 is 18.3 Å². The predicted octanol–water partition coefficient (Wildman–Crippen LogP) is 10.2. The summed E-state index contributed by atoms with van der Waals surface area (Å²) in [4.78, 5) is 0. The van der Waals surface area contributed by atoms with Crippen molar-refractivity contribution in [3.8, 4) is 11.5 Å². The van der Waals surface area contributed by atoms with Gasteiger partial charge in [0.25, 0.3) is 0 Å². The molecule has 0 unspecified atom stereocenters. The molecule has 3 aromatic carbocycles. The van der Waals surface area contributed by atoms with Gasteiger partial charge < -0.3 is 9.84 Å². The van der Waals surface area contributed by atoms with Gasteiger partial charge in [-0.3, -0.25) is 4.72 Å². The molecule has 0 amide bonds. The maximum atomic E-state index is 13.0. The Labute approximate surface area is 246 Å². The molecule has 0 aliphatic rings. The maximum Gasteiger partial charge on any atom is 0.232 e. The summed E-state index contributed by atoms with van der Waals surface area (Å²) in [5.41, 5.74) is 1.18. The number of benzene rings is 3. The molecule has 0 aliphatic heterocycles. The third-order valence-electron chi connectivity index (χ3n) is 7.37. The average molecular weight is 582 g/mol. The predicted molar refractivity (Wildman–Crippen MR) is 171 cm³/mol. The smallest absolute Gasteiger partial charge is 0.232 e. The number of aromatic hydroxyl groups is 1. The van der Waals surface area contributed by atoms with Gasteiger partial charge in [-0.15, -0.1) is 5.11 Å². The monoisotopic (exact) mass is 581 g/mol. The Morgan fingerprint density at radius 3 is 1.90 bits per heavy atom. The molecule has 3 rings (SSSR count). The van der Waals surface area contributed by atoms with Crippen LogP contribution in [-0.2, 0) is 10.0 Å². The SMILES string of the molecule is CCCCCCCCCCCCCCCCS(=O)(=O)Nc1cccc2ccc(O)c(/N=N/c3ccc(OC)cc3)c12. The lowest BCUT2D eigenvalue weighted by molar-refractivity contribution is 0.415. The maximum absolute atomic E-state index is 13.0. The van der Waals surface area contributed by atoms with E-state index >= 15 is 0 Å². The van der Waals surface area contributed by atoms with Gasteiger partial charge in [-0.1, -0.05) is 109 Å². The third kappa shape index (κ3) is 11.3. The molecule has 0 saturated heterocycles. The van der Waals surface area contributed by atoms with Crippen molar-refractivity contribution in [2.24, 2.45) is 10.2 Å². The van der Waals surface area contributed by atoms with E-state index in [0.717, 1.165) is 24.6 Å². The Morgan fingerprint density at radius 2 is 1.32 bits per heavy atom. The number of hydrogen-bond acceptors (Lipinski definition) is 6. The van der Waals surface area contributed by atoms with Crippen LogP contribution in [0.2, 0.25) is 0 Å². The molecule has 3 aromatic rings. The number of anilines is 1. The number of hydrogen-bond donors (Lipinski definition) is 2. The highest BCUT2D eigenvalue weighted by atomic mass is 32.2. The van der Waals surface area contributed by atoms with Crippen LogP contribution in [0.5, 0.6) is 11.5 Å². The first-order valence-electron chi connectivity index (χ1n) is 15.2. The zero-order chi connectivity index (χ0) is 29.3. The molecule has 0 aliphatic carbocycles. The molecule has 0 fully saturated rings. The van der Waals surface area contributed by atoms with Crippen LogP contribution in [-0.4, -0.2) is 26.4 Å². The van der Waals surface area contributed by atoms with E-state index in [-0.39, 0.29) is 17.2 Å².